The summed E-state index contributed by atoms with van der Waals surface area (Å²) in [7, 11) is -2.07. The predicted octanol–water partition coefficient (Wildman–Crippen LogP) is 1.24. The average molecular weight is 169 g/mol. The topological polar surface area (TPSA) is 42.3 Å². The molecular weight excluding hydrogens is 160 g/mol. The molecule has 0 saturated heterocycles. The van der Waals surface area contributed by atoms with E-state index in [1.165, 1.54) is 0 Å². The van der Waals surface area contributed by atoms with Gasteiger partial charge in [-0.05, 0) is 12.1 Å². The van der Waals surface area contributed by atoms with Gasteiger partial charge in [-0.2, -0.15) is 4.36 Å². The van der Waals surface area contributed by atoms with Crippen molar-refractivity contribution >= 4 is 15.4 Å². The molecule has 1 aromatic heterocycles. The Balaban J connectivity index is 3.08. The molecular formula is C7H9N2OS. The lowest BCUT2D eigenvalue weighted by Gasteiger charge is -1.93. The van der Waals surface area contributed by atoms with Crippen LogP contribution in [0.1, 0.15) is 0 Å². The fourth-order valence-corrected chi connectivity index (χ4v) is 1.18. The second-order valence-electron chi connectivity index (χ2n) is 2.41. The lowest BCUT2D eigenvalue weighted by atomic mass is 10.4. The minimum atomic E-state index is -2.07. The van der Waals surface area contributed by atoms with Gasteiger partial charge in [-0.1, -0.05) is 0 Å². The SMILES string of the molecule is CS(C)(=O)=Nc1[c]nccc1. The maximum absolute atomic E-state index is 11.1. The van der Waals surface area contributed by atoms with E-state index >= 15 is 0 Å². The second kappa shape index (κ2) is 3.00. The number of hydrogen-bond acceptors (Lipinski definition) is 3. The molecule has 11 heavy (non-hydrogen) atoms. The monoisotopic (exact) mass is 169 g/mol. The van der Waals surface area contributed by atoms with Crippen LogP contribution in [-0.4, -0.2) is 21.7 Å². The summed E-state index contributed by atoms with van der Waals surface area (Å²) in [5.41, 5.74) is 0.544. The Labute approximate surface area is 66.7 Å². The third-order valence-electron chi connectivity index (χ3n) is 0.912. The maximum Gasteiger partial charge on any atom is 0.117 e. The highest BCUT2D eigenvalue weighted by molar-refractivity contribution is 7.92. The molecule has 1 aromatic rings. The Kier molecular flexibility index (Phi) is 2.24. The molecule has 0 fully saturated rings. The van der Waals surface area contributed by atoms with Gasteiger partial charge in [-0.3, -0.25) is 4.98 Å². The van der Waals surface area contributed by atoms with E-state index in [1.807, 2.05) is 0 Å². The molecule has 1 radical (unpaired) electrons. The Hall–Kier alpha value is -0.900. The van der Waals surface area contributed by atoms with Crippen LogP contribution in [0.4, 0.5) is 5.69 Å². The molecule has 0 aliphatic rings. The third kappa shape index (κ3) is 3.13. The summed E-state index contributed by atoms with van der Waals surface area (Å²) in [6.45, 7) is 0. The highest BCUT2D eigenvalue weighted by Gasteiger charge is 1.91. The fourth-order valence-electron chi connectivity index (χ4n) is 0.606. The smallest absolute Gasteiger partial charge is 0.117 e. The zero-order valence-electron chi connectivity index (χ0n) is 6.44. The number of nitrogens with zero attached hydrogens (tertiary/aromatic N) is 2. The van der Waals surface area contributed by atoms with Gasteiger partial charge >= 0.3 is 0 Å². The van der Waals surface area contributed by atoms with Crippen molar-refractivity contribution in [3.05, 3.63) is 24.5 Å². The van der Waals surface area contributed by atoms with Crippen LogP contribution in [0.2, 0.25) is 0 Å². The number of rotatable bonds is 1. The van der Waals surface area contributed by atoms with E-state index in [2.05, 4.69) is 15.5 Å². The van der Waals surface area contributed by atoms with E-state index in [1.54, 1.807) is 30.8 Å². The first-order valence-electron chi connectivity index (χ1n) is 3.08. The molecule has 1 heterocycles. The van der Waals surface area contributed by atoms with Gasteiger partial charge in [0.25, 0.3) is 0 Å². The number of hydrogen-bond donors (Lipinski definition) is 0. The molecule has 0 atom stereocenters. The summed E-state index contributed by atoms with van der Waals surface area (Å²) in [6, 6.07) is 3.46. The van der Waals surface area contributed by atoms with Crippen molar-refractivity contribution in [2.45, 2.75) is 0 Å². The van der Waals surface area contributed by atoms with Crippen LogP contribution < -0.4 is 0 Å². The van der Waals surface area contributed by atoms with Crippen molar-refractivity contribution in [1.29, 1.82) is 0 Å². The largest absolute Gasteiger partial charge is 0.252 e. The van der Waals surface area contributed by atoms with Crippen LogP contribution in [-0.2, 0) is 9.73 Å². The summed E-state index contributed by atoms with van der Waals surface area (Å²) in [6.07, 6.45) is 7.39. The summed E-state index contributed by atoms with van der Waals surface area (Å²) < 4.78 is 15.0. The summed E-state index contributed by atoms with van der Waals surface area (Å²) in [4.78, 5) is 3.72. The Morgan fingerprint density at radius 1 is 1.64 bits per heavy atom. The molecule has 0 bridgehead atoms. The lowest BCUT2D eigenvalue weighted by Crippen LogP contribution is -1.88. The van der Waals surface area contributed by atoms with Gasteiger partial charge in [0.15, 0.2) is 0 Å². The molecule has 0 amide bonds. The minimum absolute atomic E-state index is 0.544. The third-order valence-corrected chi connectivity index (χ3v) is 1.55. The van der Waals surface area contributed by atoms with E-state index in [4.69, 9.17) is 0 Å². The van der Waals surface area contributed by atoms with Crippen LogP contribution in [0.15, 0.2) is 22.7 Å². The molecule has 0 spiro atoms. The van der Waals surface area contributed by atoms with Gasteiger partial charge in [-0.15, -0.1) is 0 Å². The van der Waals surface area contributed by atoms with E-state index in [0.29, 0.717) is 5.69 Å². The fraction of sp³-hybridized carbons (Fsp3) is 0.286. The van der Waals surface area contributed by atoms with Gasteiger partial charge in [-0.25, -0.2) is 4.21 Å². The van der Waals surface area contributed by atoms with Crippen LogP contribution in [0, 0.1) is 6.20 Å². The quantitative estimate of drug-likeness (QED) is 0.634. The lowest BCUT2D eigenvalue weighted by molar-refractivity contribution is 0.684. The first-order chi connectivity index (χ1) is 5.08. The highest BCUT2D eigenvalue weighted by Crippen LogP contribution is 2.08. The molecule has 4 heteroatoms. The predicted molar refractivity (Wildman–Crippen MR) is 45.2 cm³/mol. The van der Waals surface area contributed by atoms with Gasteiger partial charge in [0, 0.05) is 28.4 Å². The van der Waals surface area contributed by atoms with Gasteiger partial charge in [0.2, 0.25) is 0 Å². The molecule has 0 aliphatic heterocycles. The normalized spacial score (nSPS) is 11.1. The van der Waals surface area contributed by atoms with Gasteiger partial charge < -0.3 is 0 Å². The van der Waals surface area contributed by atoms with Gasteiger partial charge in [0.1, 0.15) is 11.9 Å². The maximum atomic E-state index is 11.1. The first kappa shape index (κ1) is 8.20. The molecule has 0 saturated carbocycles. The number of pyridine rings is 1. The van der Waals surface area contributed by atoms with Crippen molar-refractivity contribution in [3.63, 3.8) is 0 Å². The number of aromatic nitrogens is 1. The molecule has 1 rings (SSSR count). The Bertz CT molecular complexity index is 331. The molecule has 59 valence electrons. The van der Waals surface area contributed by atoms with E-state index in [9.17, 15) is 4.21 Å². The zero-order valence-corrected chi connectivity index (χ0v) is 7.26. The molecule has 3 nitrogen and oxygen atoms in total. The first-order valence-corrected chi connectivity index (χ1v) is 5.41. The zero-order chi connectivity index (χ0) is 8.32. The van der Waals surface area contributed by atoms with E-state index in [-0.39, 0.29) is 0 Å². The van der Waals surface area contributed by atoms with Crippen molar-refractivity contribution in [2.75, 3.05) is 12.5 Å². The van der Waals surface area contributed by atoms with Crippen molar-refractivity contribution in [2.24, 2.45) is 4.36 Å². The average Bonchev–Trinajstić information content (AvgIpc) is 1.85. The van der Waals surface area contributed by atoms with Crippen LogP contribution in [0.3, 0.4) is 0 Å². The summed E-state index contributed by atoms with van der Waals surface area (Å²) in [5.74, 6) is 0. The molecule has 0 N–H and O–H groups in total. The van der Waals surface area contributed by atoms with E-state index < -0.39 is 9.73 Å². The molecule has 0 unspecified atom stereocenters. The van der Waals surface area contributed by atoms with Crippen molar-refractivity contribution in [1.82, 2.24) is 4.98 Å². The van der Waals surface area contributed by atoms with Gasteiger partial charge in [0.05, 0.1) is 0 Å². The van der Waals surface area contributed by atoms with Crippen molar-refractivity contribution < 1.29 is 4.21 Å². The summed E-state index contributed by atoms with van der Waals surface area (Å²) >= 11 is 0. The Morgan fingerprint density at radius 3 is 2.82 bits per heavy atom. The van der Waals surface area contributed by atoms with Crippen LogP contribution in [0.5, 0.6) is 0 Å². The summed E-state index contributed by atoms with van der Waals surface area (Å²) in [5, 5.41) is 0. The van der Waals surface area contributed by atoms with Crippen LogP contribution >= 0.6 is 0 Å². The Morgan fingerprint density at radius 2 is 2.36 bits per heavy atom. The molecule has 0 aromatic carbocycles. The standard InChI is InChI=1S/C7H9N2OS/c1-11(2,10)9-7-4-3-5-8-6-7/h3-5H,1-2H3. The van der Waals surface area contributed by atoms with Crippen molar-refractivity contribution in [3.8, 4) is 0 Å². The van der Waals surface area contributed by atoms with Crippen LogP contribution in [0.25, 0.3) is 0 Å². The molecule has 0 aliphatic carbocycles. The second-order valence-corrected chi connectivity index (χ2v) is 4.95. The highest BCUT2D eigenvalue weighted by atomic mass is 32.2. The minimum Gasteiger partial charge on any atom is -0.252 e. The van der Waals surface area contributed by atoms with E-state index in [0.717, 1.165) is 0 Å².